The van der Waals surface area contributed by atoms with Crippen molar-refractivity contribution in [1.29, 1.82) is 0 Å². The first kappa shape index (κ1) is 21.8. The summed E-state index contributed by atoms with van der Waals surface area (Å²) in [5.41, 5.74) is 2.54. The predicted molar refractivity (Wildman–Crippen MR) is 112 cm³/mol. The highest BCUT2D eigenvalue weighted by Gasteiger charge is 2.12. The highest BCUT2D eigenvalue weighted by Crippen LogP contribution is 2.24. The van der Waals surface area contributed by atoms with Crippen LogP contribution in [0.3, 0.4) is 0 Å². The summed E-state index contributed by atoms with van der Waals surface area (Å²) in [6.07, 6.45) is 3.83. The molecule has 1 N–H and O–H groups in total. The molecule has 28 heavy (non-hydrogen) atoms. The molecule has 0 aliphatic heterocycles. The van der Waals surface area contributed by atoms with E-state index in [0.717, 1.165) is 34.9 Å². The number of nitrogens with one attached hydrogen (secondary N) is 1. The van der Waals surface area contributed by atoms with E-state index in [1.54, 1.807) is 25.0 Å². The Morgan fingerprint density at radius 1 is 1.32 bits per heavy atom. The van der Waals surface area contributed by atoms with Crippen LogP contribution in [0.1, 0.15) is 30.7 Å². The molecule has 152 valence electrons. The van der Waals surface area contributed by atoms with Crippen LogP contribution in [0.15, 0.2) is 24.3 Å². The number of ether oxygens (including phenoxy) is 2. The molecular weight excluding hydrogens is 378 g/mol. The Hall–Kier alpha value is -2.47. The summed E-state index contributed by atoms with van der Waals surface area (Å²) in [6, 6.07) is 5.61. The maximum absolute atomic E-state index is 12.2. The van der Waals surface area contributed by atoms with E-state index in [0.29, 0.717) is 24.0 Å². The summed E-state index contributed by atoms with van der Waals surface area (Å²) in [5.74, 6) is 1.77. The van der Waals surface area contributed by atoms with Crippen molar-refractivity contribution in [1.82, 2.24) is 15.1 Å². The number of aryl methyl sites for hydroxylation is 1. The van der Waals surface area contributed by atoms with Gasteiger partial charge in [0.05, 0.1) is 19.9 Å². The zero-order valence-electron chi connectivity index (χ0n) is 17.1. The first-order chi connectivity index (χ1) is 13.3. The van der Waals surface area contributed by atoms with Crippen LogP contribution < -0.4 is 14.8 Å². The number of benzene rings is 1. The zero-order valence-corrected chi connectivity index (χ0v) is 17.8. The van der Waals surface area contributed by atoms with Crippen LogP contribution in [0.5, 0.6) is 11.5 Å². The maximum atomic E-state index is 12.2. The van der Waals surface area contributed by atoms with Crippen LogP contribution in [-0.4, -0.2) is 36.5 Å². The molecule has 2 rings (SSSR count). The van der Waals surface area contributed by atoms with Crippen molar-refractivity contribution in [3.05, 3.63) is 46.2 Å². The Bertz CT molecular complexity index is 844. The van der Waals surface area contributed by atoms with Crippen molar-refractivity contribution in [3.63, 3.8) is 0 Å². The standard InChI is InChI=1S/C21H28ClN3O3/c1-14(2)13-25-21(22)18(15(3)24-25)7-9-20(26)23-11-10-16-12-17(27-4)6-8-19(16)28-5/h6-9,12,14H,10-11,13H2,1-5H3,(H,23,26)/b9-7+. The molecule has 0 spiro atoms. The third-order valence-electron chi connectivity index (χ3n) is 4.23. The van der Waals surface area contributed by atoms with E-state index in [1.165, 1.54) is 6.08 Å². The van der Waals surface area contributed by atoms with E-state index in [9.17, 15) is 4.79 Å². The summed E-state index contributed by atoms with van der Waals surface area (Å²) >= 11 is 6.40. The smallest absolute Gasteiger partial charge is 0.244 e. The van der Waals surface area contributed by atoms with E-state index in [4.69, 9.17) is 21.1 Å². The second kappa shape index (κ2) is 10.2. The van der Waals surface area contributed by atoms with Gasteiger partial charge in [0.1, 0.15) is 16.7 Å². The molecule has 6 nitrogen and oxygen atoms in total. The van der Waals surface area contributed by atoms with Crippen LogP contribution in [0.4, 0.5) is 0 Å². The largest absolute Gasteiger partial charge is 0.497 e. The number of rotatable bonds is 9. The van der Waals surface area contributed by atoms with E-state index >= 15 is 0 Å². The van der Waals surface area contributed by atoms with Crippen molar-refractivity contribution >= 4 is 23.6 Å². The summed E-state index contributed by atoms with van der Waals surface area (Å²) in [4.78, 5) is 12.2. The van der Waals surface area contributed by atoms with E-state index in [-0.39, 0.29) is 5.91 Å². The SMILES string of the molecule is COc1ccc(OC)c(CCNC(=O)/C=C/c2c(C)nn(CC(C)C)c2Cl)c1. The molecule has 0 fully saturated rings. The van der Waals surface area contributed by atoms with Crippen molar-refractivity contribution in [3.8, 4) is 11.5 Å². The molecule has 2 aromatic rings. The molecule has 0 radical (unpaired) electrons. The highest BCUT2D eigenvalue weighted by molar-refractivity contribution is 6.31. The van der Waals surface area contributed by atoms with E-state index in [2.05, 4.69) is 24.3 Å². The molecule has 1 aromatic heterocycles. The Kier molecular flexibility index (Phi) is 7.93. The summed E-state index contributed by atoms with van der Waals surface area (Å²) in [7, 11) is 3.24. The highest BCUT2D eigenvalue weighted by atomic mass is 35.5. The third kappa shape index (κ3) is 5.76. The second-order valence-electron chi connectivity index (χ2n) is 6.92. The summed E-state index contributed by atoms with van der Waals surface area (Å²) < 4.78 is 12.4. The van der Waals surface area contributed by atoms with Gasteiger partial charge in [0.15, 0.2) is 0 Å². The van der Waals surface area contributed by atoms with Crippen LogP contribution in [0, 0.1) is 12.8 Å². The maximum Gasteiger partial charge on any atom is 0.244 e. The van der Waals surface area contributed by atoms with E-state index < -0.39 is 0 Å². The van der Waals surface area contributed by atoms with Crippen molar-refractivity contribution < 1.29 is 14.3 Å². The predicted octanol–water partition coefficient (Wildman–Crippen LogP) is 3.89. The molecule has 0 unspecified atom stereocenters. The van der Waals surface area contributed by atoms with Gasteiger partial charge >= 0.3 is 0 Å². The molecule has 1 amide bonds. The molecule has 0 saturated carbocycles. The normalized spacial score (nSPS) is 11.2. The Morgan fingerprint density at radius 2 is 2.07 bits per heavy atom. The van der Waals surface area contributed by atoms with Crippen LogP contribution >= 0.6 is 11.6 Å². The minimum atomic E-state index is -0.186. The first-order valence-electron chi connectivity index (χ1n) is 9.25. The Morgan fingerprint density at radius 3 is 2.71 bits per heavy atom. The fraction of sp³-hybridized carbons (Fsp3) is 0.429. The van der Waals surface area contributed by atoms with E-state index in [1.807, 2.05) is 25.1 Å². The van der Waals surface area contributed by atoms with Gasteiger partial charge in [-0.3, -0.25) is 9.48 Å². The third-order valence-corrected chi connectivity index (χ3v) is 4.63. The first-order valence-corrected chi connectivity index (χ1v) is 9.63. The van der Waals surface area contributed by atoms with Gasteiger partial charge in [0, 0.05) is 24.7 Å². The molecule has 0 bridgehead atoms. The number of hydrogen-bond donors (Lipinski definition) is 1. The molecule has 0 aliphatic rings. The van der Waals surface area contributed by atoms with Gasteiger partial charge in [-0.05, 0) is 49.1 Å². The van der Waals surface area contributed by atoms with Crippen LogP contribution in [0.2, 0.25) is 5.15 Å². The van der Waals surface area contributed by atoms with Gasteiger partial charge in [0.25, 0.3) is 0 Å². The lowest BCUT2D eigenvalue weighted by Crippen LogP contribution is -2.23. The number of halogens is 1. The molecule has 1 heterocycles. The van der Waals surface area contributed by atoms with Gasteiger partial charge in [-0.2, -0.15) is 5.10 Å². The van der Waals surface area contributed by atoms with Gasteiger partial charge < -0.3 is 14.8 Å². The Balaban J connectivity index is 1.96. The summed E-state index contributed by atoms with van der Waals surface area (Å²) in [6.45, 7) is 7.31. The van der Waals surface area contributed by atoms with Crippen molar-refractivity contribution in [2.45, 2.75) is 33.7 Å². The van der Waals surface area contributed by atoms with Crippen molar-refractivity contribution in [2.24, 2.45) is 5.92 Å². The number of carbonyl (C=O) groups excluding carboxylic acids is 1. The fourth-order valence-electron chi connectivity index (χ4n) is 2.84. The number of aromatic nitrogens is 2. The average Bonchev–Trinajstić information content (AvgIpc) is 2.92. The molecule has 1 aromatic carbocycles. The van der Waals surface area contributed by atoms with Gasteiger partial charge in [-0.1, -0.05) is 25.4 Å². The minimum absolute atomic E-state index is 0.186. The topological polar surface area (TPSA) is 65.4 Å². The van der Waals surface area contributed by atoms with Gasteiger partial charge in [-0.25, -0.2) is 0 Å². The lowest BCUT2D eigenvalue weighted by Gasteiger charge is -2.10. The molecule has 0 saturated heterocycles. The monoisotopic (exact) mass is 405 g/mol. The molecule has 0 atom stereocenters. The quantitative estimate of drug-likeness (QED) is 0.643. The number of amides is 1. The van der Waals surface area contributed by atoms with Crippen LogP contribution in [0.25, 0.3) is 6.08 Å². The number of nitrogens with zero attached hydrogens (tertiary/aromatic N) is 2. The van der Waals surface area contributed by atoms with Crippen molar-refractivity contribution in [2.75, 3.05) is 20.8 Å². The number of methoxy groups -OCH3 is 2. The molecular formula is C21H28ClN3O3. The Labute approximate surface area is 171 Å². The lowest BCUT2D eigenvalue weighted by atomic mass is 10.1. The number of hydrogen-bond acceptors (Lipinski definition) is 4. The molecule has 7 heteroatoms. The molecule has 0 aliphatic carbocycles. The average molecular weight is 406 g/mol. The zero-order chi connectivity index (χ0) is 20.7. The second-order valence-corrected chi connectivity index (χ2v) is 7.28. The number of carbonyl (C=O) groups is 1. The van der Waals surface area contributed by atoms with Gasteiger partial charge in [-0.15, -0.1) is 0 Å². The minimum Gasteiger partial charge on any atom is -0.497 e. The lowest BCUT2D eigenvalue weighted by molar-refractivity contribution is -0.116. The summed E-state index contributed by atoms with van der Waals surface area (Å²) in [5, 5.41) is 7.87. The van der Waals surface area contributed by atoms with Gasteiger partial charge in [0.2, 0.25) is 5.91 Å². The fourth-order valence-corrected chi connectivity index (χ4v) is 3.15. The van der Waals surface area contributed by atoms with Crippen LogP contribution in [-0.2, 0) is 17.8 Å².